The highest BCUT2D eigenvalue weighted by molar-refractivity contribution is 5.79. The molecule has 0 saturated carbocycles. The van der Waals surface area contributed by atoms with E-state index in [1.807, 2.05) is 25.2 Å². The number of aliphatic imine (C=N–C) groups is 1. The van der Waals surface area contributed by atoms with Gasteiger partial charge in [0.2, 0.25) is 0 Å². The van der Waals surface area contributed by atoms with E-state index < -0.39 is 0 Å². The summed E-state index contributed by atoms with van der Waals surface area (Å²) in [6.45, 7) is 5.61. The maximum Gasteiger partial charge on any atom is 0.190 e. The van der Waals surface area contributed by atoms with Crippen LogP contribution in [0.2, 0.25) is 0 Å². The topological polar surface area (TPSA) is 45.7 Å². The van der Waals surface area contributed by atoms with Gasteiger partial charge in [-0.1, -0.05) is 43.7 Å². The monoisotopic (exact) mass is 291 g/mol. The maximum atomic E-state index is 5.66. The van der Waals surface area contributed by atoms with Gasteiger partial charge < -0.3 is 15.4 Å². The summed E-state index contributed by atoms with van der Waals surface area (Å²) in [6, 6.07) is 10.3. The zero-order valence-electron chi connectivity index (χ0n) is 13.4. The Balaban J connectivity index is 1.96. The molecule has 0 atom stereocenters. The van der Waals surface area contributed by atoms with Gasteiger partial charge in [0.25, 0.3) is 0 Å². The van der Waals surface area contributed by atoms with Crippen LogP contribution in [0.3, 0.4) is 0 Å². The third-order valence-electron chi connectivity index (χ3n) is 3.17. The molecule has 0 aromatic heterocycles. The van der Waals surface area contributed by atoms with Crippen LogP contribution in [-0.2, 0) is 11.3 Å². The molecule has 0 fully saturated rings. The highest BCUT2D eigenvalue weighted by Gasteiger charge is 1.96. The van der Waals surface area contributed by atoms with E-state index in [0.717, 1.165) is 38.5 Å². The minimum atomic E-state index is 0.703. The van der Waals surface area contributed by atoms with Gasteiger partial charge in [0.15, 0.2) is 5.96 Å². The van der Waals surface area contributed by atoms with Crippen LogP contribution in [0, 0.1) is 0 Å². The lowest BCUT2D eigenvalue weighted by Gasteiger charge is -2.11. The minimum absolute atomic E-state index is 0.703. The largest absolute Gasteiger partial charge is 0.377 e. The minimum Gasteiger partial charge on any atom is -0.377 e. The molecule has 0 aliphatic heterocycles. The van der Waals surface area contributed by atoms with E-state index in [9.17, 15) is 0 Å². The SMILES string of the molecule is CCCCNC(=NC)NCCCCOCc1ccccc1. The van der Waals surface area contributed by atoms with Crippen molar-refractivity contribution in [3.63, 3.8) is 0 Å². The molecule has 1 aromatic carbocycles. The lowest BCUT2D eigenvalue weighted by atomic mass is 10.2. The molecule has 2 N–H and O–H groups in total. The average molecular weight is 291 g/mol. The molecule has 4 heteroatoms. The van der Waals surface area contributed by atoms with E-state index in [-0.39, 0.29) is 0 Å². The molecule has 0 spiro atoms. The molecule has 21 heavy (non-hydrogen) atoms. The smallest absolute Gasteiger partial charge is 0.190 e. The predicted octanol–water partition coefficient (Wildman–Crippen LogP) is 2.95. The fourth-order valence-electron chi connectivity index (χ4n) is 1.90. The molecule has 118 valence electrons. The standard InChI is InChI=1S/C17H29N3O/c1-3-4-12-19-17(18-2)20-13-8-9-14-21-15-16-10-6-5-7-11-16/h5-7,10-11H,3-4,8-9,12-15H2,1-2H3,(H2,18,19,20). The zero-order valence-corrected chi connectivity index (χ0v) is 13.4. The van der Waals surface area contributed by atoms with Crippen LogP contribution in [0.1, 0.15) is 38.2 Å². The zero-order chi connectivity index (χ0) is 15.2. The van der Waals surface area contributed by atoms with Gasteiger partial charge in [-0.25, -0.2) is 0 Å². The van der Waals surface area contributed by atoms with Crippen LogP contribution in [-0.4, -0.2) is 32.7 Å². The second-order valence-electron chi connectivity index (χ2n) is 5.02. The second kappa shape index (κ2) is 12.2. The summed E-state index contributed by atoms with van der Waals surface area (Å²) in [5.74, 6) is 0.897. The molecular formula is C17H29N3O. The summed E-state index contributed by atoms with van der Waals surface area (Å²) in [5.41, 5.74) is 1.23. The number of benzene rings is 1. The maximum absolute atomic E-state index is 5.66. The highest BCUT2D eigenvalue weighted by Crippen LogP contribution is 2.01. The first kappa shape index (κ1) is 17.5. The number of nitrogens with one attached hydrogen (secondary N) is 2. The van der Waals surface area contributed by atoms with Crippen molar-refractivity contribution < 1.29 is 4.74 Å². The van der Waals surface area contributed by atoms with Crippen molar-refractivity contribution in [2.75, 3.05) is 26.7 Å². The Morgan fingerprint density at radius 2 is 1.76 bits per heavy atom. The van der Waals surface area contributed by atoms with Crippen molar-refractivity contribution in [2.24, 2.45) is 4.99 Å². The summed E-state index contributed by atoms with van der Waals surface area (Å²) in [5, 5.41) is 6.62. The average Bonchev–Trinajstić information content (AvgIpc) is 2.53. The Morgan fingerprint density at radius 3 is 2.43 bits per heavy atom. The molecule has 0 bridgehead atoms. The lowest BCUT2D eigenvalue weighted by molar-refractivity contribution is 0.117. The Hall–Kier alpha value is -1.55. The molecule has 4 nitrogen and oxygen atoms in total. The van der Waals surface area contributed by atoms with E-state index in [1.165, 1.54) is 18.4 Å². The first-order valence-electron chi connectivity index (χ1n) is 7.93. The van der Waals surface area contributed by atoms with E-state index in [2.05, 4.69) is 34.7 Å². The Kier molecular flexibility index (Phi) is 10.2. The molecule has 1 rings (SSSR count). The first-order chi connectivity index (χ1) is 10.4. The van der Waals surface area contributed by atoms with Gasteiger partial charge in [0.05, 0.1) is 6.61 Å². The van der Waals surface area contributed by atoms with Gasteiger partial charge in [-0.15, -0.1) is 0 Å². The van der Waals surface area contributed by atoms with E-state index in [4.69, 9.17) is 4.74 Å². The lowest BCUT2D eigenvalue weighted by Crippen LogP contribution is -2.38. The molecule has 0 unspecified atom stereocenters. The molecule has 0 amide bonds. The van der Waals surface area contributed by atoms with Crippen LogP contribution < -0.4 is 10.6 Å². The third-order valence-corrected chi connectivity index (χ3v) is 3.17. The molecule has 0 radical (unpaired) electrons. The van der Waals surface area contributed by atoms with Gasteiger partial charge in [-0.3, -0.25) is 4.99 Å². The Bertz CT molecular complexity index is 379. The highest BCUT2D eigenvalue weighted by atomic mass is 16.5. The van der Waals surface area contributed by atoms with Gasteiger partial charge in [-0.05, 0) is 24.8 Å². The van der Waals surface area contributed by atoms with Crippen molar-refractivity contribution >= 4 is 5.96 Å². The van der Waals surface area contributed by atoms with Crippen molar-refractivity contribution in [3.05, 3.63) is 35.9 Å². The summed E-state index contributed by atoms with van der Waals surface area (Å²) >= 11 is 0. The van der Waals surface area contributed by atoms with Gasteiger partial charge in [0, 0.05) is 26.7 Å². The normalized spacial score (nSPS) is 11.4. The Labute approximate surface area is 129 Å². The van der Waals surface area contributed by atoms with Crippen LogP contribution >= 0.6 is 0 Å². The number of hydrogen-bond acceptors (Lipinski definition) is 2. The summed E-state index contributed by atoms with van der Waals surface area (Å²) < 4.78 is 5.66. The van der Waals surface area contributed by atoms with Crippen LogP contribution in [0.25, 0.3) is 0 Å². The number of unbranched alkanes of at least 4 members (excludes halogenated alkanes) is 2. The van der Waals surface area contributed by atoms with E-state index >= 15 is 0 Å². The van der Waals surface area contributed by atoms with Gasteiger partial charge in [-0.2, -0.15) is 0 Å². The summed E-state index contributed by atoms with van der Waals surface area (Å²) in [6.07, 6.45) is 4.52. The molecule has 0 heterocycles. The van der Waals surface area contributed by atoms with Crippen molar-refractivity contribution in [2.45, 2.75) is 39.2 Å². The van der Waals surface area contributed by atoms with Crippen molar-refractivity contribution in [1.82, 2.24) is 10.6 Å². The van der Waals surface area contributed by atoms with E-state index in [0.29, 0.717) is 6.61 Å². The summed E-state index contributed by atoms with van der Waals surface area (Å²) in [4.78, 5) is 4.20. The van der Waals surface area contributed by atoms with Crippen molar-refractivity contribution in [1.29, 1.82) is 0 Å². The fourth-order valence-corrected chi connectivity index (χ4v) is 1.90. The third kappa shape index (κ3) is 9.08. The number of ether oxygens (including phenoxy) is 1. The van der Waals surface area contributed by atoms with E-state index in [1.54, 1.807) is 0 Å². The number of guanidine groups is 1. The number of nitrogens with zero attached hydrogens (tertiary/aromatic N) is 1. The molecule has 0 aliphatic carbocycles. The second-order valence-corrected chi connectivity index (χ2v) is 5.02. The molecule has 1 aromatic rings. The predicted molar refractivity (Wildman–Crippen MR) is 89.6 cm³/mol. The molecule has 0 saturated heterocycles. The quantitative estimate of drug-likeness (QED) is 0.396. The summed E-state index contributed by atoms with van der Waals surface area (Å²) in [7, 11) is 1.81. The number of rotatable bonds is 10. The van der Waals surface area contributed by atoms with Crippen LogP contribution in [0.15, 0.2) is 35.3 Å². The number of hydrogen-bond donors (Lipinski definition) is 2. The van der Waals surface area contributed by atoms with Crippen LogP contribution in [0.5, 0.6) is 0 Å². The van der Waals surface area contributed by atoms with Crippen molar-refractivity contribution in [3.8, 4) is 0 Å². The van der Waals surface area contributed by atoms with Crippen LogP contribution in [0.4, 0.5) is 0 Å². The molecule has 0 aliphatic rings. The van der Waals surface area contributed by atoms with Gasteiger partial charge >= 0.3 is 0 Å². The fraction of sp³-hybridized carbons (Fsp3) is 0.588. The Morgan fingerprint density at radius 1 is 1.05 bits per heavy atom. The molecular weight excluding hydrogens is 262 g/mol. The first-order valence-corrected chi connectivity index (χ1v) is 7.93. The van der Waals surface area contributed by atoms with Gasteiger partial charge in [0.1, 0.15) is 0 Å².